The number of nitrogen functional groups attached to an aromatic ring is 1. The predicted molar refractivity (Wildman–Crippen MR) is 120 cm³/mol. The molecule has 0 radical (unpaired) electrons. The van der Waals surface area contributed by atoms with Gasteiger partial charge >= 0.3 is 0 Å². The maximum atomic E-state index is 13.4. The lowest BCUT2D eigenvalue weighted by Crippen LogP contribution is -2.44. The Morgan fingerprint density at radius 2 is 1.59 bits per heavy atom. The molecule has 7 nitrogen and oxygen atoms in total. The zero-order chi connectivity index (χ0) is 22.7. The summed E-state index contributed by atoms with van der Waals surface area (Å²) in [7, 11) is 0. The molecular formula is C25H23N3O4. The van der Waals surface area contributed by atoms with Gasteiger partial charge in [0, 0.05) is 16.8 Å². The highest BCUT2D eigenvalue weighted by molar-refractivity contribution is 6.21. The summed E-state index contributed by atoms with van der Waals surface area (Å²) >= 11 is 0. The van der Waals surface area contributed by atoms with Gasteiger partial charge in [-0.25, -0.2) is 5.48 Å². The first kappa shape index (κ1) is 21.3. The van der Waals surface area contributed by atoms with E-state index in [4.69, 9.17) is 10.9 Å². The number of ketones is 1. The van der Waals surface area contributed by atoms with Crippen molar-refractivity contribution in [1.29, 1.82) is 0 Å². The average Bonchev–Trinajstić information content (AvgIpc) is 2.82. The van der Waals surface area contributed by atoms with Gasteiger partial charge in [0.2, 0.25) is 5.91 Å². The Morgan fingerprint density at radius 3 is 2.28 bits per heavy atom. The van der Waals surface area contributed by atoms with Crippen LogP contribution in [0.1, 0.15) is 38.3 Å². The third kappa shape index (κ3) is 4.24. The molecule has 0 aromatic heterocycles. The molecule has 0 bridgehead atoms. The van der Waals surface area contributed by atoms with Gasteiger partial charge in [0.05, 0.1) is 12.2 Å². The summed E-state index contributed by atoms with van der Waals surface area (Å²) in [5.41, 5.74) is 11.2. The molecule has 1 aliphatic heterocycles. The van der Waals surface area contributed by atoms with E-state index in [0.29, 0.717) is 35.3 Å². The summed E-state index contributed by atoms with van der Waals surface area (Å²) in [5.74, 6) is -1.76. The van der Waals surface area contributed by atoms with Crippen LogP contribution in [-0.2, 0) is 17.8 Å². The summed E-state index contributed by atoms with van der Waals surface area (Å²) in [4.78, 5) is 39.7. The fourth-order valence-corrected chi connectivity index (χ4v) is 3.95. The van der Waals surface area contributed by atoms with Crippen LogP contribution in [0.2, 0.25) is 0 Å². The van der Waals surface area contributed by atoms with Crippen molar-refractivity contribution in [2.75, 3.05) is 10.6 Å². The number of rotatable bonds is 6. The topological polar surface area (TPSA) is 113 Å². The van der Waals surface area contributed by atoms with Gasteiger partial charge in [0.15, 0.2) is 5.78 Å². The Balaban J connectivity index is 1.58. The lowest BCUT2D eigenvalue weighted by molar-refractivity contribution is -0.121. The van der Waals surface area contributed by atoms with Crippen LogP contribution in [-0.4, -0.2) is 22.8 Å². The first-order valence-corrected chi connectivity index (χ1v) is 10.3. The van der Waals surface area contributed by atoms with E-state index in [9.17, 15) is 14.4 Å². The fraction of sp³-hybridized carbons (Fsp3) is 0.160. The summed E-state index contributed by atoms with van der Waals surface area (Å²) < 4.78 is 0. The second-order valence-electron chi connectivity index (χ2n) is 7.78. The monoisotopic (exact) mass is 429 g/mol. The van der Waals surface area contributed by atoms with E-state index in [0.717, 1.165) is 11.1 Å². The smallest absolute Gasteiger partial charge is 0.274 e. The molecule has 1 heterocycles. The first-order valence-electron chi connectivity index (χ1n) is 10.3. The predicted octanol–water partition coefficient (Wildman–Crippen LogP) is 3.37. The molecule has 1 aliphatic rings. The van der Waals surface area contributed by atoms with E-state index >= 15 is 0 Å². The van der Waals surface area contributed by atoms with Crippen molar-refractivity contribution in [3.8, 4) is 0 Å². The quantitative estimate of drug-likeness (QED) is 0.241. The number of nitrogens with one attached hydrogen (secondary N) is 1. The number of amides is 2. The van der Waals surface area contributed by atoms with Gasteiger partial charge < -0.3 is 10.6 Å². The minimum atomic E-state index is -0.762. The number of nitrogens with two attached hydrogens (primary N) is 1. The number of hydrogen-bond donors (Lipinski definition) is 3. The molecular weight excluding hydrogens is 406 g/mol. The van der Waals surface area contributed by atoms with Gasteiger partial charge in [-0.2, -0.15) is 0 Å². The molecule has 0 saturated carbocycles. The molecule has 4 N–H and O–H groups in total. The van der Waals surface area contributed by atoms with Crippen molar-refractivity contribution in [3.05, 3.63) is 95.1 Å². The Labute approximate surface area is 185 Å². The van der Waals surface area contributed by atoms with Gasteiger partial charge in [-0.1, -0.05) is 36.4 Å². The number of para-hydroxylation sites is 1. The zero-order valence-corrected chi connectivity index (χ0v) is 17.3. The number of benzene rings is 3. The Bertz CT molecular complexity index is 1160. The van der Waals surface area contributed by atoms with Crippen molar-refractivity contribution in [2.45, 2.75) is 19.4 Å². The minimum absolute atomic E-state index is 0.160. The number of carbonyl (C=O) groups is 3. The molecule has 1 atom stereocenters. The van der Waals surface area contributed by atoms with Crippen LogP contribution in [0.5, 0.6) is 0 Å². The van der Waals surface area contributed by atoms with E-state index in [1.54, 1.807) is 58.9 Å². The number of anilines is 2. The summed E-state index contributed by atoms with van der Waals surface area (Å²) in [6, 6.07) is 21.1. The van der Waals surface area contributed by atoms with E-state index in [1.807, 2.05) is 24.3 Å². The Morgan fingerprint density at radius 1 is 0.938 bits per heavy atom. The highest BCUT2D eigenvalue weighted by Gasteiger charge is 2.38. The van der Waals surface area contributed by atoms with Gasteiger partial charge in [0.25, 0.3) is 5.91 Å². The molecule has 7 heteroatoms. The van der Waals surface area contributed by atoms with Crippen molar-refractivity contribution in [1.82, 2.24) is 5.48 Å². The summed E-state index contributed by atoms with van der Waals surface area (Å²) in [6.07, 6.45) is 0.991. The molecule has 0 fully saturated rings. The zero-order valence-electron chi connectivity index (χ0n) is 17.3. The largest absolute Gasteiger partial charge is 0.399 e. The lowest BCUT2D eigenvalue weighted by atomic mass is 9.86. The number of Topliss-reactive ketones (excluding diaryl/α,β-unsaturated/α-hetero) is 1. The van der Waals surface area contributed by atoms with Gasteiger partial charge in [-0.3, -0.25) is 19.6 Å². The fourth-order valence-electron chi connectivity index (χ4n) is 3.95. The van der Waals surface area contributed by atoms with Crippen LogP contribution in [0.15, 0.2) is 72.8 Å². The maximum absolute atomic E-state index is 13.4. The molecule has 2 amide bonds. The van der Waals surface area contributed by atoms with Gasteiger partial charge in [0.1, 0.15) is 5.92 Å². The van der Waals surface area contributed by atoms with E-state index in [-0.39, 0.29) is 18.2 Å². The number of fused-ring (bicyclic) bond motifs is 1. The van der Waals surface area contributed by atoms with Crippen LogP contribution in [0.25, 0.3) is 0 Å². The standard InChI is InChI=1S/C25H23N3O4/c26-19-12-7-16(8-13-19)9-14-21-23(29)20-3-1-2-4-22(20)28(25(21)31)15-17-5-10-18(11-6-17)24(30)27-32/h1-8,10-13,21,32H,9,14-15,26H2,(H,27,30). The average molecular weight is 429 g/mol. The summed E-state index contributed by atoms with van der Waals surface area (Å²) in [5, 5.41) is 8.77. The molecule has 162 valence electrons. The minimum Gasteiger partial charge on any atom is -0.399 e. The van der Waals surface area contributed by atoms with Crippen molar-refractivity contribution >= 4 is 29.0 Å². The van der Waals surface area contributed by atoms with Gasteiger partial charge in [-0.05, 0) is 60.4 Å². The molecule has 32 heavy (non-hydrogen) atoms. The second kappa shape index (κ2) is 9.03. The normalized spacial score (nSPS) is 15.4. The summed E-state index contributed by atoms with van der Waals surface area (Å²) in [6.45, 7) is 0.266. The highest BCUT2D eigenvalue weighted by atomic mass is 16.5. The van der Waals surface area contributed by atoms with Crippen molar-refractivity contribution in [2.24, 2.45) is 5.92 Å². The third-order valence-electron chi connectivity index (χ3n) is 5.70. The van der Waals surface area contributed by atoms with Crippen LogP contribution >= 0.6 is 0 Å². The lowest BCUT2D eigenvalue weighted by Gasteiger charge is -2.33. The number of hydroxylamine groups is 1. The van der Waals surface area contributed by atoms with Crippen molar-refractivity contribution < 1.29 is 19.6 Å². The molecule has 0 saturated heterocycles. The van der Waals surface area contributed by atoms with Crippen LogP contribution < -0.4 is 16.1 Å². The van der Waals surface area contributed by atoms with Crippen LogP contribution in [0.4, 0.5) is 11.4 Å². The number of carbonyl (C=O) groups excluding carboxylic acids is 3. The molecule has 0 spiro atoms. The van der Waals surface area contributed by atoms with Gasteiger partial charge in [-0.15, -0.1) is 0 Å². The molecule has 4 rings (SSSR count). The van der Waals surface area contributed by atoms with E-state index in [2.05, 4.69) is 0 Å². The molecule has 3 aromatic carbocycles. The molecule has 0 aliphatic carbocycles. The van der Waals surface area contributed by atoms with Crippen LogP contribution in [0, 0.1) is 5.92 Å². The van der Waals surface area contributed by atoms with E-state index in [1.165, 1.54) is 0 Å². The van der Waals surface area contributed by atoms with Crippen molar-refractivity contribution in [3.63, 3.8) is 0 Å². The highest BCUT2D eigenvalue weighted by Crippen LogP contribution is 2.33. The third-order valence-corrected chi connectivity index (χ3v) is 5.70. The Kier molecular flexibility index (Phi) is 6.00. The molecule has 1 unspecified atom stereocenters. The first-order chi connectivity index (χ1) is 15.5. The number of hydrogen-bond acceptors (Lipinski definition) is 5. The number of aryl methyl sites for hydroxylation is 1. The Hall–Kier alpha value is -3.97. The SMILES string of the molecule is Nc1ccc(CCC2C(=O)c3ccccc3N(Cc3ccc(C(=O)NO)cc3)C2=O)cc1. The van der Waals surface area contributed by atoms with Crippen LogP contribution in [0.3, 0.4) is 0 Å². The maximum Gasteiger partial charge on any atom is 0.274 e. The number of nitrogens with zero attached hydrogens (tertiary/aromatic N) is 1. The van der Waals surface area contributed by atoms with E-state index < -0.39 is 11.8 Å². The second-order valence-corrected chi connectivity index (χ2v) is 7.78. The molecule has 3 aromatic rings.